The zero-order chi connectivity index (χ0) is 40.8. The molecule has 2 aromatic rings. The van der Waals surface area contributed by atoms with Gasteiger partial charge in [0.2, 0.25) is 0 Å². The zero-order valence-electron chi connectivity index (χ0n) is 34.4. The number of amides is 1. The maximum absolute atomic E-state index is 12.3. The molecule has 0 fully saturated rings. The number of halogens is 1. The average Bonchev–Trinajstić information content (AvgIpc) is 3.57. The molecule has 0 aliphatic heterocycles. The van der Waals surface area contributed by atoms with Crippen LogP contribution in [0.5, 0.6) is 0 Å². The molecule has 330 valence electrons. The SMILES string of the molecule is O=C(NCCOCCOCCOCCOCCOCCOCCOCCOCCOCCOCCOCCCCCCI)OCC1c2ccccc2-c2ccccc21. The van der Waals surface area contributed by atoms with Gasteiger partial charge in [0.15, 0.2) is 0 Å². The van der Waals surface area contributed by atoms with Gasteiger partial charge in [0, 0.05) is 19.1 Å². The molecule has 1 aliphatic rings. The summed E-state index contributed by atoms with van der Waals surface area (Å²) in [5, 5.41) is 2.75. The van der Waals surface area contributed by atoms with Crippen LogP contribution in [0.2, 0.25) is 0 Å². The Morgan fingerprint density at radius 1 is 0.431 bits per heavy atom. The number of carbonyl (C=O) groups excluding carboxylic acids is 1. The largest absolute Gasteiger partial charge is 0.449 e. The van der Waals surface area contributed by atoms with Crippen molar-refractivity contribution in [3.63, 3.8) is 0 Å². The minimum atomic E-state index is -0.451. The van der Waals surface area contributed by atoms with Crippen LogP contribution in [-0.2, 0) is 56.8 Å². The highest BCUT2D eigenvalue weighted by Crippen LogP contribution is 2.44. The molecule has 0 unspecified atom stereocenters. The van der Waals surface area contributed by atoms with E-state index >= 15 is 0 Å². The number of unbranched alkanes of at least 4 members (excludes halogenated alkanes) is 3. The first-order valence-electron chi connectivity index (χ1n) is 20.8. The number of hydrogen-bond acceptors (Lipinski definition) is 13. The number of rotatable bonds is 41. The second-order valence-corrected chi connectivity index (χ2v) is 14.2. The van der Waals surface area contributed by atoms with Crippen molar-refractivity contribution in [3.8, 4) is 11.1 Å². The Hall–Kier alpha value is -2.00. The maximum Gasteiger partial charge on any atom is 0.407 e. The van der Waals surface area contributed by atoms with Gasteiger partial charge in [-0.25, -0.2) is 4.79 Å². The van der Waals surface area contributed by atoms with Gasteiger partial charge in [-0.2, -0.15) is 0 Å². The van der Waals surface area contributed by atoms with Gasteiger partial charge in [0.1, 0.15) is 6.61 Å². The molecular formula is C43H68INO13. The van der Waals surface area contributed by atoms with Crippen LogP contribution in [0.25, 0.3) is 11.1 Å². The van der Waals surface area contributed by atoms with Crippen molar-refractivity contribution < 1.29 is 61.6 Å². The lowest BCUT2D eigenvalue weighted by Gasteiger charge is -2.14. The van der Waals surface area contributed by atoms with Gasteiger partial charge in [0.05, 0.1) is 139 Å². The minimum Gasteiger partial charge on any atom is -0.449 e. The third-order valence-corrected chi connectivity index (χ3v) is 9.51. The second kappa shape index (κ2) is 36.8. The number of alkyl halides is 1. The first kappa shape index (κ1) is 50.4. The Morgan fingerprint density at radius 2 is 0.759 bits per heavy atom. The molecule has 0 aromatic heterocycles. The van der Waals surface area contributed by atoms with Crippen molar-refractivity contribution in [1.82, 2.24) is 5.32 Å². The number of hydrogen-bond donors (Lipinski definition) is 1. The first-order valence-corrected chi connectivity index (χ1v) is 22.3. The number of nitrogens with one attached hydrogen (secondary N) is 1. The Labute approximate surface area is 359 Å². The van der Waals surface area contributed by atoms with Crippen molar-refractivity contribution in [2.45, 2.75) is 31.6 Å². The third-order valence-electron chi connectivity index (χ3n) is 8.75. The third kappa shape index (κ3) is 24.9. The quantitative estimate of drug-likeness (QED) is 0.0496. The number of fused-ring (bicyclic) bond motifs is 3. The van der Waals surface area contributed by atoms with Crippen LogP contribution in [0.1, 0.15) is 42.7 Å². The minimum absolute atomic E-state index is 0.0370. The lowest BCUT2D eigenvalue weighted by molar-refractivity contribution is -0.0275. The lowest BCUT2D eigenvalue weighted by Crippen LogP contribution is -2.29. The van der Waals surface area contributed by atoms with Gasteiger partial charge >= 0.3 is 6.09 Å². The summed E-state index contributed by atoms with van der Waals surface area (Å²) in [6, 6.07) is 16.5. The van der Waals surface area contributed by atoms with Crippen molar-refractivity contribution in [2.24, 2.45) is 0 Å². The summed E-state index contributed by atoms with van der Waals surface area (Å²) < 4.78 is 67.5. The fourth-order valence-corrected chi connectivity index (χ4v) is 6.37. The van der Waals surface area contributed by atoms with Crippen LogP contribution >= 0.6 is 22.6 Å². The number of carbonyl (C=O) groups is 1. The topological polar surface area (TPSA) is 140 Å². The van der Waals surface area contributed by atoms with E-state index in [0.29, 0.717) is 145 Å². The zero-order valence-corrected chi connectivity index (χ0v) is 36.5. The molecule has 2 aromatic carbocycles. The average molecular weight is 934 g/mol. The van der Waals surface area contributed by atoms with Gasteiger partial charge < -0.3 is 62.2 Å². The Bertz CT molecular complexity index is 1220. The van der Waals surface area contributed by atoms with E-state index in [4.69, 9.17) is 56.8 Å². The fourth-order valence-electron chi connectivity index (χ4n) is 5.83. The highest BCUT2D eigenvalue weighted by molar-refractivity contribution is 14.1. The van der Waals surface area contributed by atoms with Crippen LogP contribution < -0.4 is 5.32 Å². The lowest BCUT2D eigenvalue weighted by atomic mass is 9.98. The molecular weight excluding hydrogens is 865 g/mol. The Morgan fingerprint density at radius 3 is 1.14 bits per heavy atom. The molecule has 0 radical (unpaired) electrons. The van der Waals surface area contributed by atoms with E-state index in [1.54, 1.807) is 0 Å². The molecule has 1 N–H and O–H groups in total. The summed E-state index contributed by atoms with van der Waals surface area (Å²) in [6.07, 6.45) is 4.51. The van der Waals surface area contributed by atoms with E-state index in [-0.39, 0.29) is 12.5 Å². The van der Waals surface area contributed by atoms with E-state index in [1.165, 1.54) is 45.9 Å². The summed E-state index contributed by atoms with van der Waals surface area (Å²) >= 11 is 2.42. The van der Waals surface area contributed by atoms with Crippen molar-refractivity contribution in [3.05, 3.63) is 59.7 Å². The summed E-state index contributed by atoms with van der Waals surface area (Å²) in [5.74, 6) is 0.0370. The van der Waals surface area contributed by atoms with Crippen molar-refractivity contribution in [1.29, 1.82) is 0 Å². The second-order valence-electron chi connectivity index (χ2n) is 13.1. The summed E-state index contributed by atoms with van der Waals surface area (Å²) in [4.78, 5) is 12.3. The van der Waals surface area contributed by atoms with Crippen LogP contribution in [0, 0.1) is 0 Å². The molecule has 0 saturated heterocycles. The molecule has 58 heavy (non-hydrogen) atoms. The van der Waals surface area contributed by atoms with Crippen LogP contribution in [0.4, 0.5) is 4.79 Å². The smallest absolute Gasteiger partial charge is 0.407 e. The molecule has 0 bridgehead atoms. The molecule has 15 heteroatoms. The van der Waals surface area contributed by atoms with E-state index in [2.05, 4.69) is 52.2 Å². The monoisotopic (exact) mass is 933 g/mol. The highest BCUT2D eigenvalue weighted by Gasteiger charge is 2.28. The molecule has 14 nitrogen and oxygen atoms in total. The maximum atomic E-state index is 12.3. The molecule has 0 atom stereocenters. The normalized spacial score (nSPS) is 12.2. The van der Waals surface area contributed by atoms with Crippen molar-refractivity contribution in [2.75, 3.05) is 163 Å². The standard InChI is InChI=1S/C43H68INO13/c44-13-7-1-2-8-15-47-17-19-49-21-23-51-25-27-53-29-31-55-33-35-57-36-34-56-32-30-54-28-26-52-24-22-50-20-18-48-16-14-45-43(46)58-37-42-40-11-5-3-9-38(40)39-10-4-6-12-41(39)42/h3-6,9-12,42H,1-2,7-8,13-37H2,(H,45,46). The summed E-state index contributed by atoms with van der Waals surface area (Å²) in [5.41, 5.74) is 4.78. The fraction of sp³-hybridized carbons (Fsp3) is 0.698. The molecule has 1 amide bonds. The molecule has 0 spiro atoms. The molecule has 0 heterocycles. The highest BCUT2D eigenvalue weighted by atomic mass is 127. The van der Waals surface area contributed by atoms with E-state index < -0.39 is 6.09 Å². The van der Waals surface area contributed by atoms with E-state index in [9.17, 15) is 4.79 Å². The van der Waals surface area contributed by atoms with E-state index in [1.807, 2.05) is 24.3 Å². The van der Waals surface area contributed by atoms with Crippen molar-refractivity contribution >= 4 is 28.7 Å². The van der Waals surface area contributed by atoms with Gasteiger partial charge in [-0.15, -0.1) is 0 Å². The van der Waals surface area contributed by atoms with Crippen LogP contribution in [-0.4, -0.2) is 169 Å². The summed E-state index contributed by atoms with van der Waals surface area (Å²) in [6.45, 7) is 12.0. The van der Waals surface area contributed by atoms with E-state index in [0.717, 1.165) is 13.0 Å². The van der Waals surface area contributed by atoms with Gasteiger partial charge in [-0.3, -0.25) is 0 Å². The Kier molecular flexibility index (Phi) is 32.0. The van der Waals surface area contributed by atoms with Crippen LogP contribution in [0.15, 0.2) is 48.5 Å². The first-order chi connectivity index (χ1) is 28.8. The number of alkyl carbamates (subject to hydrolysis) is 1. The van der Waals surface area contributed by atoms with Gasteiger partial charge in [-0.1, -0.05) is 84.0 Å². The Balaban J connectivity index is 0.927. The molecule has 1 aliphatic carbocycles. The van der Waals surface area contributed by atoms with Gasteiger partial charge in [0.25, 0.3) is 0 Å². The summed E-state index contributed by atoms with van der Waals surface area (Å²) in [7, 11) is 0. The predicted octanol–water partition coefficient (Wildman–Crippen LogP) is 5.70. The predicted molar refractivity (Wildman–Crippen MR) is 229 cm³/mol. The number of benzene rings is 2. The van der Waals surface area contributed by atoms with Gasteiger partial charge in [-0.05, 0) is 39.5 Å². The number of ether oxygens (including phenoxy) is 12. The van der Waals surface area contributed by atoms with Crippen LogP contribution in [0.3, 0.4) is 0 Å². The molecule has 3 rings (SSSR count). The molecule has 0 saturated carbocycles.